The number of carbonyl (C=O) groups excluding carboxylic acids is 1. The van der Waals surface area contributed by atoms with Crippen LogP contribution in [0.3, 0.4) is 0 Å². The number of hydrogen-bond acceptors (Lipinski definition) is 15. The monoisotopic (exact) mass is 524 g/mol. The molecule has 0 spiro atoms. The maximum atomic E-state index is 11.5. The van der Waals surface area contributed by atoms with E-state index < -0.39 is 98.1 Å². The standard InChI is InChI=1S/C20H40N6O10/c21-3-12(29)26-4-10-9(28)2-8(24)19(33-10)35-17-6(22)1-7(23)18(16(17)32)36-20-15(31)13(25)14(30)11(5-27)34-20/h6-11,13-20,27-28,30-32H,1-5,21-25H2,(H,26,29)/t6-,7+,8+,9-,10+,11+,13-,14+,15+,16-,17+,18-,19+,20+/m0/s1. The Hall–Kier alpha value is -1.09. The molecule has 1 amide bonds. The van der Waals surface area contributed by atoms with Gasteiger partial charge in [-0.25, -0.2) is 0 Å². The third-order valence-electron chi connectivity index (χ3n) is 6.87. The molecule has 2 heterocycles. The van der Waals surface area contributed by atoms with E-state index in [1.165, 1.54) is 0 Å². The van der Waals surface area contributed by atoms with Crippen LogP contribution < -0.4 is 34.0 Å². The van der Waals surface area contributed by atoms with Gasteiger partial charge in [-0.3, -0.25) is 4.79 Å². The first-order valence-corrected chi connectivity index (χ1v) is 11.9. The van der Waals surface area contributed by atoms with Crippen molar-refractivity contribution >= 4 is 5.91 Å². The second-order valence-corrected chi connectivity index (χ2v) is 9.56. The second-order valence-electron chi connectivity index (χ2n) is 9.56. The minimum Gasteiger partial charge on any atom is -0.394 e. The molecule has 0 radical (unpaired) electrons. The van der Waals surface area contributed by atoms with Crippen molar-refractivity contribution in [1.82, 2.24) is 5.32 Å². The van der Waals surface area contributed by atoms with E-state index >= 15 is 0 Å². The Kier molecular flexibility index (Phi) is 10.3. The quantitative estimate of drug-likeness (QED) is 0.140. The molecule has 3 rings (SSSR count). The highest BCUT2D eigenvalue weighted by molar-refractivity contribution is 5.77. The molecule has 16 nitrogen and oxygen atoms in total. The molecule has 1 saturated carbocycles. The molecule has 0 aromatic heterocycles. The van der Waals surface area contributed by atoms with E-state index in [1.54, 1.807) is 0 Å². The Labute approximate surface area is 207 Å². The molecule has 210 valence electrons. The summed E-state index contributed by atoms with van der Waals surface area (Å²) in [5, 5.41) is 53.8. The molecule has 0 unspecified atom stereocenters. The van der Waals surface area contributed by atoms with Crippen LogP contribution in [-0.2, 0) is 23.7 Å². The average Bonchev–Trinajstić information content (AvgIpc) is 2.84. The number of aliphatic hydroxyl groups excluding tert-OH is 5. The molecular weight excluding hydrogens is 484 g/mol. The molecule has 14 atom stereocenters. The normalized spacial score (nSPS) is 47.9. The van der Waals surface area contributed by atoms with Gasteiger partial charge in [0.05, 0.1) is 31.3 Å². The maximum Gasteiger partial charge on any atom is 0.233 e. The van der Waals surface area contributed by atoms with E-state index in [0.717, 1.165) is 0 Å². The van der Waals surface area contributed by atoms with Gasteiger partial charge in [0, 0.05) is 18.6 Å². The second kappa shape index (κ2) is 12.6. The van der Waals surface area contributed by atoms with E-state index in [4.69, 9.17) is 47.6 Å². The number of ether oxygens (including phenoxy) is 4. The van der Waals surface area contributed by atoms with Crippen molar-refractivity contribution in [1.29, 1.82) is 0 Å². The molecule has 1 aliphatic carbocycles. The van der Waals surface area contributed by atoms with Gasteiger partial charge in [-0.2, -0.15) is 0 Å². The number of rotatable bonds is 8. The Balaban J connectivity index is 1.68. The highest BCUT2D eigenvalue weighted by Crippen LogP contribution is 2.30. The molecule has 3 aliphatic rings. The topological polar surface area (TPSA) is 297 Å². The number of carbonyl (C=O) groups is 1. The molecule has 16 heteroatoms. The smallest absolute Gasteiger partial charge is 0.233 e. The summed E-state index contributed by atoms with van der Waals surface area (Å²) >= 11 is 0. The zero-order valence-electron chi connectivity index (χ0n) is 19.8. The summed E-state index contributed by atoms with van der Waals surface area (Å²) in [6.45, 7) is -0.836. The van der Waals surface area contributed by atoms with Gasteiger partial charge in [-0.15, -0.1) is 0 Å². The molecule has 0 aromatic rings. The number of nitrogens with one attached hydrogen (secondary N) is 1. The van der Waals surface area contributed by atoms with Gasteiger partial charge in [0.25, 0.3) is 0 Å². The van der Waals surface area contributed by atoms with Crippen molar-refractivity contribution in [2.24, 2.45) is 28.7 Å². The molecule has 16 N–H and O–H groups in total. The fourth-order valence-corrected chi connectivity index (χ4v) is 4.69. The zero-order chi connectivity index (χ0) is 26.7. The molecule has 0 aromatic carbocycles. The zero-order valence-corrected chi connectivity index (χ0v) is 19.8. The predicted octanol–water partition coefficient (Wildman–Crippen LogP) is -7.18. The highest BCUT2D eigenvalue weighted by atomic mass is 16.7. The van der Waals surface area contributed by atoms with Crippen LogP contribution in [0.2, 0.25) is 0 Å². The molecule has 3 fully saturated rings. The van der Waals surface area contributed by atoms with E-state index in [1.807, 2.05) is 0 Å². The summed E-state index contributed by atoms with van der Waals surface area (Å²) < 4.78 is 22.9. The molecule has 0 bridgehead atoms. The van der Waals surface area contributed by atoms with Crippen molar-refractivity contribution in [3.63, 3.8) is 0 Å². The first kappa shape index (κ1) is 29.5. The predicted molar refractivity (Wildman–Crippen MR) is 121 cm³/mol. The largest absolute Gasteiger partial charge is 0.394 e. The first-order chi connectivity index (χ1) is 17.0. The van der Waals surface area contributed by atoms with E-state index in [2.05, 4.69) is 5.32 Å². The number of hydrogen-bond donors (Lipinski definition) is 11. The van der Waals surface area contributed by atoms with Gasteiger partial charge in [0.2, 0.25) is 5.91 Å². The molecule has 2 aliphatic heterocycles. The fraction of sp³-hybridized carbons (Fsp3) is 0.950. The number of nitrogens with two attached hydrogens (primary N) is 5. The van der Waals surface area contributed by atoms with Gasteiger partial charge in [0.15, 0.2) is 12.6 Å². The van der Waals surface area contributed by atoms with Crippen molar-refractivity contribution < 1.29 is 49.3 Å². The van der Waals surface area contributed by atoms with Crippen LogP contribution in [0, 0.1) is 0 Å². The van der Waals surface area contributed by atoms with Gasteiger partial charge >= 0.3 is 0 Å². The van der Waals surface area contributed by atoms with Crippen LogP contribution in [0.5, 0.6) is 0 Å². The number of amides is 1. The van der Waals surface area contributed by atoms with Gasteiger partial charge in [0.1, 0.15) is 42.7 Å². The Bertz CT molecular complexity index is 724. The SMILES string of the molecule is NCC(=O)NC[C@H]1O[C@H](O[C@H]2[C@H](O)[C@@H](O[C@H]3O[C@H](CO)[C@@H](O)[C@H](N)[C@H]3O)[C@H](N)C[C@@H]2N)[C@H](N)C[C@@H]1O. The van der Waals surface area contributed by atoms with Crippen molar-refractivity contribution in [3.05, 3.63) is 0 Å². The molecule has 2 saturated heterocycles. The van der Waals surface area contributed by atoms with Crippen molar-refractivity contribution in [2.75, 3.05) is 19.7 Å². The van der Waals surface area contributed by atoms with Crippen LogP contribution in [0.25, 0.3) is 0 Å². The van der Waals surface area contributed by atoms with Crippen LogP contribution in [0.4, 0.5) is 0 Å². The van der Waals surface area contributed by atoms with Crippen LogP contribution in [-0.4, -0.2) is 137 Å². The number of aliphatic hydroxyl groups is 5. The maximum absolute atomic E-state index is 11.5. The lowest BCUT2D eigenvalue weighted by Crippen LogP contribution is -2.68. The van der Waals surface area contributed by atoms with E-state index in [-0.39, 0.29) is 25.9 Å². The third-order valence-corrected chi connectivity index (χ3v) is 6.87. The molecule has 36 heavy (non-hydrogen) atoms. The van der Waals surface area contributed by atoms with Gasteiger partial charge in [-0.05, 0) is 12.8 Å². The molecular formula is C20H40N6O10. The highest BCUT2D eigenvalue weighted by Gasteiger charge is 2.50. The summed E-state index contributed by atoms with van der Waals surface area (Å²) in [5.74, 6) is -0.431. The summed E-state index contributed by atoms with van der Waals surface area (Å²) in [6.07, 6.45) is -11.6. The van der Waals surface area contributed by atoms with E-state index in [0.29, 0.717) is 0 Å². The van der Waals surface area contributed by atoms with Crippen molar-refractivity contribution in [2.45, 2.75) is 98.4 Å². The lowest BCUT2D eigenvalue weighted by atomic mass is 9.84. The summed E-state index contributed by atoms with van der Waals surface area (Å²) in [7, 11) is 0. The lowest BCUT2D eigenvalue weighted by Gasteiger charge is -2.47. The minimum atomic E-state index is -1.47. The minimum absolute atomic E-state index is 0.0330. The third kappa shape index (κ3) is 6.48. The van der Waals surface area contributed by atoms with E-state index in [9.17, 15) is 30.3 Å². The van der Waals surface area contributed by atoms with Gasteiger partial charge < -0.3 is 78.5 Å². The van der Waals surface area contributed by atoms with Crippen LogP contribution >= 0.6 is 0 Å². The van der Waals surface area contributed by atoms with Crippen LogP contribution in [0.15, 0.2) is 0 Å². The summed E-state index contributed by atoms with van der Waals surface area (Å²) in [4.78, 5) is 11.5. The van der Waals surface area contributed by atoms with Crippen LogP contribution in [0.1, 0.15) is 12.8 Å². The van der Waals surface area contributed by atoms with Gasteiger partial charge in [-0.1, -0.05) is 0 Å². The summed E-state index contributed by atoms with van der Waals surface area (Å²) in [6, 6.07) is -3.49. The average molecular weight is 525 g/mol. The Morgan fingerprint density at radius 2 is 1.42 bits per heavy atom. The first-order valence-electron chi connectivity index (χ1n) is 11.9. The summed E-state index contributed by atoms with van der Waals surface area (Å²) in [5.41, 5.74) is 29.6. The van der Waals surface area contributed by atoms with Crippen molar-refractivity contribution in [3.8, 4) is 0 Å². The Morgan fingerprint density at radius 3 is 2.00 bits per heavy atom. The Morgan fingerprint density at radius 1 is 0.833 bits per heavy atom. The lowest BCUT2D eigenvalue weighted by molar-refractivity contribution is -0.315. The fourth-order valence-electron chi connectivity index (χ4n) is 4.69.